The Balaban J connectivity index is 1.50. The fraction of sp³-hybridized carbons (Fsp3) is 0.217. The van der Waals surface area contributed by atoms with E-state index in [4.69, 9.17) is 32.7 Å². The van der Waals surface area contributed by atoms with Crippen molar-refractivity contribution < 1.29 is 14.3 Å². The third-order valence-electron chi connectivity index (χ3n) is 4.93. The van der Waals surface area contributed by atoms with Crippen molar-refractivity contribution in [1.82, 2.24) is 14.3 Å². The first-order valence-corrected chi connectivity index (χ1v) is 10.6. The van der Waals surface area contributed by atoms with Crippen LogP contribution in [0.25, 0.3) is 22.2 Å². The monoisotopic (exact) mass is 457 g/mol. The van der Waals surface area contributed by atoms with Crippen LogP contribution < -0.4 is 4.74 Å². The summed E-state index contributed by atoms with van der Waals surface area (Å²) in [5, 5.41) is 6.57. The molecule has 0 fully saturated rings. The molecule has 0 aliphatic carbocycles. The molecule has 0 aliphatic heterocycles. The number of esters is 1. The number of aryl methyl sites for hydroxylation is 1. The second-order valence-electron chi connectivity index (χ2n) is 7.03. The molecular weight excluding hydrogens is 437 g/mol. The predicted octanol–water partition coefficient (Wildman–Crippen LogP) is 5.49. The number of rotatable bonds is 7. The van der Waals surface area contributed by atoms with Crippen molar-refractivity contribution in [3.63, 3.8) is 0 Å². The lowest BCUT2D eigenvalue weighted by atomic mass is 10.1. The minimum absolute atomic E-state index is 0.162. The second kappa shape index (κ2) is 9.04. The first-order chi connectivity index (χ1) is 14.9. The number of fused-ring (bicyclic) bond motifs is 1. The lowest BCUT2D eigenvalue weighted by molar-refractivity contribution is -0.143. The minimum atomic E-state index is -0.268. The Bertz CT molecular complexity index is 1250. The van der Waals surface area contributed by atoms with Crippen molar-refractivity contribution in [2.75, 3.05) is 6.61 Å². The Labute approximate surface area is 189 Å². The van der Waals surface area contributed by atoms with E-state index in [2.05, 4.69) is 5.10 Å². The summed E-state index contributed by atoms with van der Waals surface area (Å²) < 4.78 is 14.7. The van der Waals surface area contributed by atoms with Crippen LogP contribution >= 0.6 is 23.2 Å². The van der Waals surface area contributed by atoms with Crippen LogP contribution in [0.5, 0.6) is 5.75 Å². The molecule has 8 heteroatoms. The smallest absolute Gasteiger partial charge is 0.325 e. The molecule has 0 amide bonds. The van der Waals surface area contributed by atoms with Gasteiger partial charge in [0, 0.05) is 24.9 Å². The van der Waals surface area contributed by atoms with E-state index < -0.39 is 0 Å². The molecule has 0 saturated carbocycles. The van der Waals surface area contributed by atoms with Crippen molar-refractivity contribution in [2.45, 2.75) is 20.1 Å². The van der Waals surface area contributed by atoms with Crippen molar-refractivity contribution >= 4 is 40.1 Å². The van der Waals surface area contributed by atoms with Gasteiger partial charge >= 0.3 is 5.97 Å². The standard InChI is InChI=1S/C23H21Cl2N3O3/c1-3-30-23(29)13-28-9-8-15-4-6-18(12-22(15)28)31-14-17-11-21(26-27(17)2)16-5-7-19(24)20(25)10-16/h4-12H,3,13-14H2,1-2H3. The molecule has 0 bridgehead atoms. The maximum absolute atomic E-state index is 11.8. The van der Waals surface area contributed by atoms with Crippen LogP contribution in [-0.2, 0) is 29.7 Å². The molecule has 0 saturated heterocycles. The maximum Gasteiger partial charge on any atom is 0.325 e. The summed E-state index contributed by atoms with van der Waals surface area (Å²) in [6, 6.07) is 15.2. The van der Waals surface area contributed by atoms with Gasteiger partial charge in [-0.1, -0.05) is 29.3 Å². The van der Waals surface area contributed by atoms with Gasteiger partial charge in [-0.3, -0.25) is 9.48 Å². The Hall–Kier alpha value is -2.96. The van der Waals surface area contributed by atoms with Crippen LogP contribution in [0.15, 0.2) is 54.7 Å². The number of aromatic nitrogens is 3. The van der Waals surface area contributed by atoms with Gasteiger partial charge < -0.3 is 14.0 Å². The Morgan fingerprint density at radius 1 is 1.06 bits per heavy atom. The summed E-state index contributed by atoms with van der Waals surface area (Å²) >= 11 is 12.1. The Morgan fingerprint density at radius 3 is 2.68 bits per heavy atom. The number of nitrogens with zero attached hydrogens (tertiary/aromatic N) is 3. The minimum Gasteiger partial charge on any atom is -0.487 e. The summed E-state index contributed by atoms with van der Waals surface area (Å²) in [5.74, 6) is 0.435. The normalized spacial score (nSPS) is 11.1. The number of carbonyl (C=O) groups is 1. The van der Waals surface area contributed by atoms with Crippen molar-refractivity contribution in [2.24, 2.45) is 7.05 Å². The van der Waals surface area contributed by atoms with E-state index in [1.54, 1.807) is 23.7 Å². The van der Waals surface area contributed by atoms with Crippen molar-refractivity contribution in [3.8, 4) is 17.0 Å². The molecule has 0 atom stereocenters. The summed E-state index contributed by atoms with van der Waals surface area (Å²) in [5.41, 5.74) is 3.49. The summed E-state index contributed by atoms with van der Waals surface area (Å²) in [6.07, 6.45) is 1.87. The van der Waals surface area contributed by atoms with E-state index in [1.165, 1.54) is 0 Å². The zero-order valence-corrected chi connectivity index (χ0v) is 18.7. The lowest BCUT2D eigenvalue weighted by Crippen LogP contribution is -2.12. The summed E-state index contributed by atoms with van der Waals surface area (Å²) in [7, 11) is 1.87. The second-order valence-corrected chi connectivity index (χ2v) is 7.85. The third kappa shape index (κ3) is 4.70. The lowest BCUT2D eigenvalue weighted by Gasteiger charge is -2.09. The summed E-state index contributed by atoms with van der Waals surface area (Å²) in [6.45, 7) is 2.66. The van der Waals surface area contributed by atoms with Gasteiger partial charge in [-0.25, -0.2) is 0 Å². The number of hydrogen-bond donors (Lipinski definition) is 0. The molecule has 2 aromatic heterocycles. The Kier molecular flexibility index (Phi) is 6.20. The zero-order valence-electron chi connectivity index (χ0n) is 17.1. The molecule has 4 aromatic rings. The first kappa shape index (κ1) is 21.3. The average molecular weight is 458 g/mol. The van der Waals surface area contributed by atoms with E-state index in [0.717, 1.165) is 27.9 Å². The molecule has 6 nitrogen and oxygen atoms in total. The maximum atomic E-state index is 11.8. The van der Waals surface area contributed by atoms with Crippen molar-refractivity contribution in [1.29, 1.82) is 0 Å². The highest BCUT2D eigenvalue weighted by atomic mass is 35.5. The molecule has 0 unspecified atom stereocenters. The van der Waals surface area contributed by atoms with Crippen LogP contribution in [-0.4, -0.2) is 26.9 Å². The molecule has 2 aromatic carbocycles. The van der Waals surface area contributed by atoms with Gasteiger partial charge in [-0.15, -0.1) is 0 Å². The van der Waals surface area contributed by atoms with E-state index in [-0.39, 0.29) is 12.5 Å². The fourth-order valence-corrected chi connectivity index (χ4v) is 3.63. The third-order valence-corrected chi connectivity index (χ3v) is 5.67. The number of benzene rings is 2. The van der Waals surface area contributed by atoms with Gasteiger partial charge in [0.2, 0.25) is 0 Å². The predicted molar refractivity (Wildman–Crippen MR) is 122 cm³/mol. The van der Waals surface area contributed by atoms with Crippen molar-refractivity contribution in [3.05, 3.63) is 70.5 Å². The van der Waals surface area contributed by atoms with E-state index in [0.29, 0.717) is 29.0 Å². The molecule has 0 radical (unpaired) electrons. The molecule has 160 valence electrons. The largest absolute Gasteiger partial charge is 0.487 e. The van der Waals surface area contributed by atoms with E-state index in [9.17, 15) is 4.79 Å². The van der Waals surface area contributed by atoms with Crippen LogP contribution in [0.2, 0.25) is 10.0 Å². The summed E-state index contributed by atoms with van der Waals surface area (Å²) in [4.78, 5) is 11.8. The first-order valence-electron chi connectivity index (χ1n) is 9.80. The van der Waals surface area contributed by atoms with E-state index in [1.807, 2.05) is 54.2 Å². The van der Waals surface area contributed by atoms with Gasteiger partial charge in [0.1, 0.15) is 18.9 Å². The molecule has 0 aliphatic rings. The van der Waals surface area contributed by atoms with Gasteiger partial charge in [0.25, 0.3) is 0 Å². The van der Waals surface area contributed by atoms with Crippen LogP contribution in [0.3, 0.4) is 0 Å². The van der Waals surface area contributed by atoms with Gasteiger partial charge in [-0.05, 0) is 48.7 Å². The highest BCUT2D eigenvalue weighted by molar-refractivity contribution is 6.42. The molecule has 0 N–H and O–H groups in total. The topological polar surface area (TPSA) is 58.3 Å². The Morgan fingerprint density at radius 2 is 1.90 bits per heavy atom. The fourth-order valence-electron chi connectivity index (χ4n) is 3.33. The highest BCUT2D eigenvalue weighted by Crippen LogP contribution is 2.29. The van der Waals surface area contributed by atoms with Crippen LogP contribution in [0, 0.1) is 0 Å². The molecular formula is C23H21Cl2N3O3. The molecule has 0 spiro atoms. The molecule has 4 rings (SSSR count). The van der Waals surface area contributed by atoms with Gasteiger partial charge in [-0.2, -0.15) is 5.10 Å². The number of halogens is 2. The number of hydrogen-bond acceptors (Lipinski definition) is 4. The quantitative estimate of drug-likeness (QED) is 0.344. The average Bonchev–Trinajstić information content (AvgIpc) is 3.32. The SMILES string of the molecule is CCOC(=O)Cn1ccc2ccc(OCc3cc(-c4ccc(Cl)c(Cl)c4)nn3C)cc21. The number of carbonyl (C=O) groups excluding carboxylic acids is 1. The molecule has 31 heavy (non-hydrogen) atoms. The number of ether oxygens (including phenoxy) is 2. The molecule has 2 heterocycles. The van der Waals surface area contributed by atoms with Gasteiger partial charge in [0.05, 0.1) is 33.6 Å². The van der Waals surface area contributed by atoms with Gasteiger partial charge in [0.15, 0.2) is 0 Å². The highest BCUT2D eigenvalue weighted by Gasteiger charge is 2.11. The van der Waals surface area contributed by atoms with E-state index >= 15 is 0 Å². The van der Waals surface area contributed by atoms with Crippen LogP contribution in [0.1, 0.15) is 12.6 Å². The zero-order chi connectivity index (χ0) is 22.0. The van der Waals surface area contributed by atoms with Crippen LogP contribution in [0.4, 0.5) is 0 Å².